The van der Waals surface area contributed by atoms with Gasteiger partial charge in [0.1, 0.15) is 43.2 Å². The van der Waals surface area contributed by atoms with Crippen LogP contribution >= 0.6 is 0 Å². The van der Waals surface area contributed by atoms with Gasteiger partial charge in [-0.2, -0.15) is 0 Å². The summed E-state index contributed by atoms with van der Waals surface area (Å²) in [6, 6.07) is 11.3. The lowest BCUT2D eigenvalue weighted by Crippen LogP contribution is -2.35. The minimum Gasteiger partial charge on any atom is -0.491 e. The van der Waals surface area contributed by atoms with Crippen LogP contribution in [0.2, 0.25) is 0 Å². The van der Waals surface area contributed by atoms with Crippen LogP contribution in [0.3, 0.4) is 0 Å². The molecule has 0 radical (unpaired) electrons. The van der Waals surface area contributed by atoms with E-state index in [-0.39, 0.29) is 6.61 Å². The standard InChI is InChI=1S/C19H26N2O4.C4H4O4/c1-15(2)21-12-16(22)14-25-18-7-5-17(6-8-18)23-10-11-24-19-4-3-9-20-13-19;5-3(6)1-2-4(7)8/h3-9,13,15-16,21-22H,10-12,14H2,1-2H3;1-2H,(H,5,6)(H,7,8). The van der Waals surface area contributed by atoms with Crippen molar-refractivity contribution in [3.63, 3.8) is 0 Å². The molecule has 0 saturated carbocycles. The van der Waals surface area contributed by atoms with E-state index >= 15 is 0 Å². The highest BCUT2D eigenvalue weighted by Gasteiger charge is 2.06. The van der Waals surface area contributed by atoms with Crippen LogP contribution in [-0.2, 0) is 9.59 Å². The molecular weight excluding hydrogens is 432 g/mol. The van der Waals surface area contributed by atoms with Gasteiger partial charge in [-0.3, -0.25) is 4.98 Å². The molecule has 10 nitrogen and oxygen atoms in total. The lowest BCUT2D eigenvalue weighted by Gasteiger charge is -2.15. The van der Waals surface area contributed by atoms with E-state index < -0.39 is 18.0 Å². The number of hydrogen-bond donors (Lipinski definition) is 4. The van der Waals surface area contributed by atoms with Crippen LogP contribution in [0, 0.1) is 0 Å². The molecule has 10 heteroatoms. The molecule has 4 N–H and O–H groups in total. The Morgan fingerprint density at radius 3 is 1.97 bits per heavy atom. The first kappa shape index (κ1) is 27.4. The molecule has 1 heterocycles. The Hall–Kier alpha value is -3.63. The van der Waals surface area contributed by atoms with Gasteiger partial charge in [0.25, 0.3) is 0 Å². The number of rotatable bonds is 13. The highest BCUT2D eigenvalue weighted by Crippen LogP contribution is 2.17. The first-order valence-corrected chi connectivity index (χ1v) is 10.2. The maximum absolute atomic E-state index is 9.82. The van der Waals surface area contributed by atoms with E-state index in [4.69, 9.17) is 24.4 Å². The van der Waals surface area contributed by atoms with Crippen LogP contribution in [0.15, 0.2) is 60.9 Å². The number of hydrogen-bond acceptors (Lipinski definition) is 8. The molecular formula is C23H30N2O8. The largest absolute Gasteiger partial charge is 0.491 e. The fourth-order valence-corrected chi connectivity index (χ4v) is 2.15. The fraction of sp³-hybridized carbons (Fsp3) is 0.348. The number of aromatic nitrogens is 1. The second-order valence-electron chi connectivity index (χ2n) is 6.89. The van der Waals surface area contributed by atoms with Gasteiger partial charge < -0.3 is 34.8 Å². The topological polar surface area (TPSA) is 147 Å². The fourth-order valence-electron chi connectivity index (χ4n) is 2.15. The highest BCUT2D eigenvalue weighted by molar-refractivity contribution is 5.89. The van der Waals surface area contributed by atoms with E-state index in [1.807, 2.05) is 50.2 Å². The summed E-state index contributed by atoms with van der Waals surface area (Å²) in [5.74, 6) is -0.355. The van der Waals surface area contributed by atoms with Crippen molar-refractivity contribution in [2.24, 2.45) is 0 Å². The Bertz CT molecular complexity index is 825. The van der Waals surface area contributed by atoms with Crippen LogP contribution < -0.4 is 19.5 Å². The molecule has 180 valence electrons. The first-order chi connectivity index (χ1) is 15.8. The molecule has 1 unspecified atom stereocenters. The van der Waals surface area contributed by atoms with E-state index in [1.165, 1.54) is 0 Å². The third-order valence-electron chi connectivity index (χ3n) is 3.65. The molecule has 2 aromatic rings. The molecule has 1 aromatic carbocycles. The maximum Gasteiger partial charge on any atom is 0.328 e. The lowest BCUT2D eigenvalue weighted by atomic mass is 10.3. The molecule has 0 bridgehead atoms. The van der Waals surface area contributed by atoms with Crippen LogP contribution in [0.25, 0.3) is 0 Å². The second kappa shape index (κ2) is 16.1. The molecule has 0 aliphatic carbocycles. The third kappa shape index (κ3) is 14.9. The quantitative estimate of drug-likeness (QED) is 0.257. The van der Waals surface area contributed by atoms with E-state index in [9.17, 15) is 14.7 Å². The van der Waals surface area contributed by atoms with Gasteiger partial charge in [-0.05, 0) is 36.4 Å². The number of pyridine rings is 1. The molecule has 1 aromatic heterocycles. The van der Waals surface area contributed by atoms with Gasteiger partial charge in [0.15, 0.2) is 0 Å². The van der Waals surface area contributed by atoms with Crippen molar-refractivity contribution in [3.8, 4) is 17.2 Å². The molecule has 0 aliphatic rings. The monoisotopic (exact) mass is 462 g/mol. The molecule has 0 spiro atoms. The SMILES string of the molecule is CC(C)NCC(O)COc1ccc(OCCOc2cccnc2)cc1.O=C(O)C=CC(=O)O. The van der Waals surface area contributed by atoms with E-state index in [0.29, 0.717) is 43.7 Å². The van der Waals surface area contributed by atoms with Crippen LogP contribution in [0.4, 0.5) is 0 Å². The summed E-state index contributed by atoms with van der Waals surface area (Å²) < 4.78 is 16.7. The van der Waals surface area contributed by atoms with Crippen LogP contribution in [0.5, 0.6) is 17.2 Å². The predicted molar refractivity (Wildman–Crippen MR) is 121 cm³/mol. The van der Waals surface area contributed by atoms with Crippen molar-refractivity contribution in [1.29, 1.82) is 0 Å². The Morgan fingerprint density at radius 2 is 1.48 bits per heavy atom. The smallest absolute Gasteiger partial charge is 0.328 e. The normalized spacial score (nSPS) is 11.4. The molecule has 0 amide bonds. The summed E-state index contributed by atoms with van der Waals surface area (Å²) in [6.07, 6.45) is 3.94. The third-order valence-corrected chi connectivity index (χ3v) is 3.65. The van der Waals surface area contributed by atoms with Gasteiger partial charge in [-0.1, -0.05) is 13.8 Å². The van der Waals surface area contributed by atoms with Crippen molar-refractivity contribution in [2.45, 2.75) is 26.0 Å². The highest BCUT2D eigenvalue weighted by atomic mass is 16.5. The van der Waals surface area contributed by atoms with E-state index in [1.54, 1.807) is 12.4 Å². The van der Waals surface area contributed by atoms with Crippen molar-refractivity contribution < 1.29 is 39.1 Å². The number of nitrogens with one attached hydrogen (secondary N) is 1. The second-order valence-corrected chi connectivity index (χ2v) is 6.89. The Labute approximate surface area is 192 Å². The lowest BCUT2D eigenvalue weighted by molar-refractivity contribution is -0.134. The van der Waals surface area contributed by atoms with Gasteiger partial charge in [-0.25, -0.2) is 9.59 Å². The number of aliphatic hydroxyl groups excluding tert-OH is 1. The molecule has 0 saturated heterocycles. The summed E-state index contributed by atoms with van der Waals surface area (Å²) in [5.41, 5.74) is 0. The Morgan fingerprint density at radius 1 is 0.939 bits per heavy atom. The number of nitrogens with zero attached hydrogens (tertiary/aromatic N) is 1. The molecule has 33 heavy (non-hydrogen) atoms. The summed E-state index contributed by atoms with van der Waals surface area (Å²) in [5, 5.41) is 28.6. The molecule has 0 fully saturated rings. The average molecular weight is 462 g/mol. The van der Waals surface area contributed by atoms with Crippen molar-refractivity contribution in [2.75, 3.05) is 26.4 Å². The summed E-state index contributed by atoms with van der Waals surface area (Å²) >= 11 is 0. The van der Waals surface area contributed by atoms with Gasteiger partial charge in [0.2, 0.25) is 0 Å². The zero-order valence-electron chi connectivity index (χ0n) is 18.6. The summed E-state index contributed by atoms with van der Waals surface area (Å²) in [6.45, 7) is 5.71. The predicted octanol–water partition coefficient (Wildman–Crippen LogP) is 1.99. The van der Waals surface area contributed by atoms with Crippen molar-refractivity contribution in [1.82, 2.24) is 10.3 Å². The summed E-state index contributed by atoms with van der Waals surface area (Å²) in [4.78, 5) is 23.1. The number of aliphatic hydroxyl groups is 1. The first-order valence-electron chi connectivity index (χ1n) is 10.2. The van der Waals surface area contributed by atoms with Crippen molar-refractivity contribution >= 4 is 11.9 Å². The zero-order valence-corrected chi connectivity index (χ0v) is 18.6. The Kier molecular flexibility index (Phi) is 13.3. The van der Waals surface area contributed by atoms with Crippen LogP contribution in [-0.4, -0.2) is 70.8 Å². The average Bonchev–Trinajstić information content (AvgIpc) is 2.79. The minimum absolute atomic E-state index is 0.249. The number of aliphatic carboxylic acids is 2. The van der Waals surface area contributed by atoms with E-state index in [0.717, 1.165) is 11.5 Å². The van der Waals surface area contributed by atoms with Crippen molar-refractivity contribution in [3.05, 3.63) is 60.9 Å². The van der Waals surface area contributed by atoms with Gasteiger partial charge in [0.05, 0.1) is 6.20 Å². The zero-order chi connectivity index (χ0) is 24.5. The molecule has 0 aliphatic heterocycles. The molecule has 2 rings (SSSR count). The van der Waals surface area contributed by atoms with Gasteiger partial charge in [-0.15, -0.1) is 0 Å². The number of carbonyl (C=O) groups is 2. The van der Waals surface area contributed by atoms with Crippen LogP contribution in [0.1, 0.15) is 13.8 Å². The summed E-state index contributed by atoms with van der Waals surface area (Å²) in [7, 11) is 0. The van der Waals surface area contributed by atoms with Gasteiger partial charge in [0, 0.05) is 30.9 Å². The maximum atomic E-state index is 9.82. The van der Waals surface area contributed by atoms with Gasteiger partial charge >= 0.3 is 11.9 Å². The Balaban J connectivity index is 0.000000582. The number of carboxylic acids is 2. The van der Waals surface area contributed by atoms with E-state index in [2.05, 4.69) is 10.3 Å². The molecule has 1 atom stereocenters. The number of carboxylic acid groups (broad SMARTS) is 2. The number of benzene rings is 1. The number of ether oxygens (including phenoxy) is 3. The minimum atomic E-state index is -1.26.